The molecule has 0 aliphatic rings. The number of carboxylic acids is 1. The number of carbonyl (C=O) groups is 1. The molecule has 21 heavy (non-hydrogen) atoms. The summed E-state index contributed by atoms with van der Waals surface area (Å²) in [6, 6.07) is 1.43. The molecule has 2 heterocycles. The van der Waals surface area contributed by atoms with Crippen molar-refractivity contribution in [2.45, 2.75) is 39.8 Å². The van der Waals surface area contributed by atoms with Gasteiger partial charge in [0.15, 0.2) is 4.96 Å². The highest BCUT2D eigenvalue weighted by Gasteiger charge is 2.17. The van der Waals surface area contributed by atoms with Crippen molar-refractivity contribution in [3.8, 4) is 0 Å². The molecule has 0 bridgehead atoms. The van der Waals surface area contributed by atoms with Crippen LogP contribution in [0.15, 0.2) is 16.2 Å². The Kier molecular flexibility index (Phi) is 4.74. The number of thiazole rings is 1. The smallest absolute Gasteiger partial charge is 0.304 e. The third-order valence-electron chi connectivity index (χ3n) is 3.49. The monoisotopic (exact) mass is 309 g/mol. The van der Waals surface area contributed by atoms with Crippen molar-refractivity contribution >= 4 is 22.3 Å². The number of rotatable bonds is 6. The Hall–Kier alpha value is -1.73. The molecule has 0 radical (unpaired) electrons. The van der Waals surface area contributed by atoms with E-state index in [1.54, 1.807) is 4.40 Å². The average molecular weight is 309 g/mol. The fraction of sp³-hybridized carbons (Fsp3) is 0.500. The minimum absolute atomic E-state index is 0.0766. The first-order valence-electron chi connectivity index (χ1n) is 6.85. The van der Waals surface area contributed by atoms with Gasteiger partial charge in [-0.1, -0.05) is 6.92 Å². The molecule has 114 valence electrons. The molecule has 7 heteroatoms. The summed E-state index contributed by atoms with van der Waals surface area (Å²) in [6.07, 6.45) is 0.0766. The molecule has 6 nitrogen and oxygen atoms in total. The van der Waals surface area contributed by atoms with Gasteiger partial charge in [0.1, 0.15) is 0 Å². The Balaban J connectivity index is 2.25. The van der Waals surface area contributed by atoms with Crippen molar-refractivity contribution in [2.75, 3.05) is 6.54 Å². The van der Waals surface area contributed by atoms with Crippen LogP contribution in [0, 0.1) is 6.92 Å². The molecule has 0 aliphatic carbocycles. The fourth-order valence-corrected chi connectivity index (χ4v) is 3.24. The van der Waals surface area contributed by atoms with Gasteiger partial charge < -0.3 is 5.11 Å². The molecule has 2 aromatic heterocycles. The Morgan fingerprint density at radius 3 is 2.90 bits per heavy atom. The molecule has 1 unspecified atom stereocenters. The zero-order chi connectivity index (χ0) is 15.6. The fourth-order valence-electron chi connectivity index (χ4n) is 2.35. The largest absolute Gasteiger partial charge is 0.481 e. The van der Waals surface area contributed by atoms with Gasteiger partial charge in [0.05, 0.1) is 12.1 Å². The number of carboxylic acid groups (broad SMARTS) is 1. The quantitative estimate of drug-likeness (QED) is 0.880. The highest BCUT2D eigenvalue weighted by Crippen LogP contribution is 2.13. The standard InChI is InChI=1S/C14H19N3O3S/c1-4-16(9(2)5-13(19)20)7-11-6-12(18)17-10(3)8-21-14(17)15-11/h6,8-9H,4-5,7H2,1-3H3,(H,19,20). The number of aryl methyl sites for hydroxylation is 1. The van der Waals surface area contributed by atoms with Gasteiger partial charge in [0.25, 0.3) is 5.56 Å². The third-order valence-corrected chi connectivity index (χ3v) is 4.44. The normalized spacial score (nSPS) is 13.0. The van der Waals surface area contributed by atoms with E-state index in [0.717, 1.165) is 5.69 Å². The van der Waals surface area contributed by atoms with Gasteiger partial charge in [-0.15, -0.1) is 11.3 Å². The van der Waals surface area contributed by atoms with E-state index in [-0.39, 0.29) is 18.0 Å². The summed E-state index contributed by atoms with van der Waals surface area (Å²) in [4.78, 5) is 30.1. The molecular formula is C14H19N3O3S. The van der Waals surface area contributed by atoms with Crippen LogP contribution in [-0.4, -0.2) is 37.9 Å². The van der Waals surface area contributed by atoms with Gasteiger partial charge in [0.2, 0.25) is 0 Å². The molecule has 1 atom stereocenters. The molecule has 2 rings (SSSR count). The van der Waals surface area contributed by atoms with E-state index >= 15 is 0 Å². The predicted molar refractivity (Wildman–Crippen MR) is 81.9 cm³/mol. The van der Waals surface area contributed by atoms with Gasteiger partial charge in [0, 0.05) is 29.7 Å². The van der Waals surface area contributed by atoms with E-state index in [1.165, 1.54) is 17.4 Å². The van der Waals surface area contributed by atoms with Gasteiger partial charge in [-0.2, -0.15) is 0 Å². The molecule has 2 aromatic rings. The first-order valence-corrected chi connectivity index (χ1v) is 7.73. The lowest BCUT2D eigenvalue weighted by atomic mass is 10.2. The topological polar surface area (TPSA) is 74.9 Å². The number of fused-ring (bicyclic) bond motifs is 1. The highest BCUT2D eigenvalue weighted by atomic mass is 32.1. The van der Waals surface area contributed by atoms with Crippen molar-refractivity contribution in [1.29, 1.82) is 0 Å². The Morgan fingerprint density at radius 1 is 1.57 bits per heavy atom. The van der Waals surface area contributed by atoms with Crippen molar-refractivity contribution in [3.05, 3.63) is 33.2 Å². The molecule has 0 saturated carbocycles. The SMILES string of the molecule is CCN(Cc1cc(=O)n2c(C)csc2n1)C(C)CC(=O)O. The van der Waals surface area contributed by atoms with E-state index in [9.17, 15) is 9.59 Å². The van der Waals surface area contributed by atoms with E-state index in [1.807, 2.05) is 31.1 Å². The molecule has 0 aromatic carbocycles. The summed E-state index contributed by atoms with van der Waals surface area (Å²) in [7, 11) is 0. The lowest BCUT2D eigenvalue weighted by Gasteiger charge is -2.26. The Morgan fingerprint density at radius 2 is 2.29 bits per heavy atom. The molecular weight excluding hydrogens is 290 g/mol. The summed E-state index contributed by atoms with van der Waals surface area (Å²) >= 11 is 1.44. The van der Waals surface area contributed by atoms with Crippen LogP contribution in [0.25, 0.3) is 4.96 Å². The Bertz CT molecular complexity index is 707. The van der Waals surface area contributed by atoms with E-state index in [4.69, 9.17) is 5.11 Å². The summed E-state index contributed by atoms with van der Waals surface area (Å²) in [5, 5.41) is 10.8. The minimum atomic E-state index is -0.821. The van der Waals surface area contributed by atoms with Crippen molar-refractivity contribution in [1.82, 2.24) is 14.3 Å². The summed E-state index contributed by atoms with van der Waals surface area (Å²) in [5.41, 5.74) is 1.47. The first-order chi connectivity index (χ1) is 9.92. The third kappa shape index (κ3) is 3.48. The molecule has 0 amide bonds. The van der Waals surface area contributed by atoms with Crippen molar-refractivity contribution < 1.29 is 9.90 Å². The molecule has 0 fully saturated rings. The van der Waals surface area contributed by atoms with Crippen LogP contribution >= 0.6 is 11.3 Å². The van der Waals surface area contributed by atoms with Crippen LogP contribution in [0.3, 0.4) is 0 Å². The maximum absolute atomic E-state index is 12.1. The van der Waals surface area contributed by atoms with Crippen LogP contribution in [0.4, 0.5) is 0 Å². The predicted octanol–water partition coefficient (Wildman–Crippen LogP) is 1.75. The second kappa shape index (κ2) is 6.36. The van der Waals surface area contributed by atoms with Gasteiger partial charge in [-0.25, -0.2) is 4.98 Å². The lowest BCUT2D eigenvalue weighted by molar-refractivity contribution is -0.138. The molecule has 0 aliphatic heterocycles. The van der Waals surface area contributed by atoms with E-state index in [0.29, 0.717) is 23.7 Å². The molecule has 0 spiro atoms. The lowest BCUT2D eigenvalue weighted by Crippen LogP contribution is -2.34. The number of hydrogen-bond acceptors (Lipinski definition) is 5. The number of hydrogen-bond donors (Lipinski definition) is 1. The number of aromatic nitrogens is 2. The van der Waals surface area contributed by atoms with E-state index < -0.39 is 5.97 Å². The molecule has 1 N–H and O–H groups in total. The molecule has 0 saturated heterocycles. The average Bonchev–Trinajstić information content (AvgIpc) is 2.77. The maximum atomic E-state index is 12.1. The van der Waals surface area contributed by atoms with Crippen LogP contribution in [0.2, 0.25) is 0 Å². The number of nitrogens with zero attached hydrogens (tertiary/aromatic N) is 3. The van der Waals surface area contributed by atoms with Crippen LogP contribution in [0.1, 0.15) is 31.7 Å². The van der Waals surface area contributed by atoms with Gasteiger partial charge in [-0.3, -0.25) is 18.9 Å². The van der Waals surface area contributed by atoms with Gasteiger partial charge >= 0.3 is 5.97 Å². The Labute approximate surface area is 126 Å². The zero-order valence-corrected chi connectivity index (χ0v) is 13.2. The first kappa shape index (κ1) is 15.7. The summed E-state index contributed by atoms with van der Waals surface area (Å²) < 4.78 is 1.59. The van der Waals surface area contributed by atoms with Crippen molar-refractivity contribution in [2.24, 2.45) is 0 Å². The summed E-state index contributed by atoms with van der Waals surface area (Å²) in [6.45, 7) is 6.91. The highest BCUT2D eigenvalue weighted by molar-refractivity contribution is 7.15. The van der Waals surface area contributed by atoms with Crippen LogP contribution < -0.4 is 5.56 Å². The minimum Gasteiger partial charge on any atom is -0.481 e. The van der Waals surface area contributed by atoms with E-state index in [2.05, 4.69) is 4.98 Å². The second-order valence-corrected chi connectivity index (χ2v) is 5.93. The zero-order valence-electron chi connectivity index (χ0n) is 12.4. The van der Waals surface area contributed by atoms with Crippen molar-refractivity contribution in [3.63, 3.8) is 0 Å². The number of aliphatic carboxylic acids is 1. The van der Waals surface area contributed by atoms with Gasteiger partial charge in [-0.05, 0) is 20.4 Å². The maximum Gasteiger partial charge on any atom is 0.304 e. The summed E-state index contributed by atoms with van der Waals surface area (Å²) in [5.74, 6) is -0.821. The van der Waals surface area contributed by atoms with Crippen LogP contribution in [0.5, 0.6) is 0 Å². The second-order valence-electron chi connectivity index (χ2n) is 5.09. The van der Waals surface area contributed by atoms with Crippen LogP contribution in [-0.2, 0) is 11.3 Å².